The van der Waals surface area contributed by atoms with Crippen LogP contribution >= 0.6 is 0 Å². The molecule has 0 atom stereocenters. The maximum absolute atomic E-state index is 12.7. The normalized spacial score (nSPS) is 10.9. The van der Waals surface area contributed by atoms with E-state index in [1.807, 2.05) is 79.7 Å². The molecule has 5 nitrogen and oxygen atoms in total. The Kier molecular flexibility index (Phi) is 5.29. The van der Waals surface area contributed by atoms with Crippen LogP contribution in [0.15, 0.2) is 79.3 Å². The number of aryl methyl sites for hydroxylation is 1. The highest BCUT2D eigenvalue weighted by Gasteiger charge is 2.10. The van der Waals surface area contributed by atoms with Crippen molar-refractivity contribution in [3.63, 3.8) is 0 Å². The first kappa shape index (κ1) is 18.4. The third-order valence-corrected chi connectivity index (χ3v) is 4.56. The van der Waals surface area contributed by atoms with Gasteiger partial charge in [0.25, 0.3) is 5.91 Å². The van der Waals surface area contributed by atoms with Crippen LogP contribution < -0.4 is 5.32 Å². The topological polar surface area (TPSA) is 70.7 Å². The van der Waals surface area contributed by atoms with Crippen LogP contribution in [0.1, 0.15) is 27.2 Å². The van der Waals surface area contributed by atoms with Crippen LogP contribution in [-0.4, -0.2) is 20.9 Å². The Morgan fingerprint density at radius 1 is 0.966 bits per heavy atom. The molecule has 142 valence electrons. The van der Waals surface area contributed by atoms with Gasteiger partial charge >= 0.3 is 0 Å². The van der Waals surface area contributed by atoms with Gasteiger partial charge in [-0.25, -0.2) is 4.98 Å². The van der Waals surface area contributed by atoms with Crippen molar-refractivity contribution < 1.29 is 4.79 Å². The van der Waals surface area contributed by atoms with Crippen LogP contribution in [0.2, 0.25) is 0 Å². The molecule has 0 saturated carbocycles. The average molecular weight is 380 g/mol. The van der Waals surface area contributed by atoms with Crippen molar-refractivity contribution in [2.24, 2.45) is 0 Å². The molecule has 0 radical (unpaired) electrons. The molecule has 0 spiro atoms. The number of anilines is 1. The van der Waals surface area contributed by atoms with E-state index in [0.717, 1.165) is 33.9 Å². The van der Waals surface area contributed by atoms with Gasteiger partial charge in [-0.1, -0.05) is 36.4 Å². The van der Waals surface area contributed by atoms with E-state index in [-0.39, 0.29) is 5.91 Å². The minimum absolute atomic E-state index is 0.148. The molecule has 1 amide bonds. The van der Waals surface area contributed by atoms with Crippen LogP contribution in [0.5, 0.6) is 0 Å². The fourth-order valence-corrected chi connectivity index (χ4v) is 2.92. The summed E-state index contributed by atoms with van der Waals surface area (Å²) in [6.07, 6.45) is 9.16. The lowest BCUT2D eigenvalue weighted by molar-refractivity contribution is 0.102. The molecular formula is C24H20N4O. The lowest BCUT2D eigenvalue weighted by Gasteiger charge is -2.10. The summed E-state index contributed by atoms with van der Waals surface area (Å²) >= 11 is 0. The second-order valence-corrected chi connectivity index (χ2v) is 6.63. The average Bonchev–Trinajstić information content (AvgIpc) is 3.30. The Labute approximate surface area is 169 Å². The third-order valence-electron chi connectivity index (χ3n) is 4.56. The molecule has 0 fully saturated rings. The van der Waals surface area contributed by atoms with Gasteiger partial charge in [0.05, 0.1) is 5.69 Å². The summed E-state index contributed by atoms with van der Waals surface area (Å²) in [4.78, 5) is 24.3. The van der Waals surface area contributed by atoms with Crippen LogP contribution in [0.25, 0.3) is 23.5 Å². The largest absolute Gasteiger partial charge is 0.345 e. The number of aromatic nitrogens is 3. The zero-order valence-corrected chi connectivity index (χ0v) is 16.0. The van der Waals surface area contributed by atoms with E-state index in [9.17, 15) is 4.79 Å². The zero-order valence-electron chi connectivity index (χ0n) is 16.0. The summed E-state index contributed by atoms with van der Waals surface area (Å²) in [5.74, 6) is 0.620. The summed E-state index contributed by atoms with van der Waals surface area (Å²) in [5.41, 5.74) is 5.17. The minimum Gasteiger partial charge on any atom is -0.345 e. The summed E-state index contributed by atoms with van der Waals surface area (Å²) < 4.78 is 0. The highest BCUT2D eigenvalue weighted by atomic mass is 16.1. The monoisotopic (exact) mass is 380 g/mol. The smallest absolute Gasteiger partial charge is 0.255 e. The lowest BCUT2D eigenvalue weighted by atomic mass is 10.1. The molecule has 2 aromatic carbocycles. The van der Waals surface area contributed by atoms with Crippen molar-refractivity contribution in [2.75, 3.05) is 5.32 Å². The van der Waals surface area contributed by atoms with Gasteiger partial charge in [0, 0.05) is 35.4 Å². The van der Waals surface area contributed by atoms with Crippen LogP contribution in [-0.2, 0) is 0 Å². The first-order chi connectivity index (χ1) is 14.2. The fraction of sp³-hybridized carbons (Fsp3) is 0.0417. The molecule has 0 bridgehead atoms. The SMILES string of the molecule is Cc1ccc(-c2ncc[nH]2)cc1NC(=O)c1ccc(/C=C/c2ccccn2)cc1. The number of hydrogen-bond acceptors (Lipinski definition) is 3. The Hall–Kier alpha value is -3.99. The molecule has 2 aromatic heterocycles. The van der Waals surface area contributed by atoms with Gasteiger partial charge in [-0.2, -0.15) is 0 Å². The molecule has 5 heteroatoms. The van der Waals surface area contributed by atoms with Gasteiger partial charge in [0.15, 0.2) is 0 Å². The van der Waals surface area contributed by atoms with Crippen molar-refractivity contribution in [1.82, 2.24) is 15.0 Å². The number of hydrogen-bond donors (Lipinski definition) is 2. The lowest BCUT2D eigenvalue weighted by Crippen LogP contribution is -2.12. The standard InChI is InChI=1S/C24H20N4O/c1-17-5-9-20(23-26-14-15-27-23)16-22(17)28-24(29)19-10-6-18(7-11-19)8-12-21-4-2-3-13-25-21/h2-16H,1H3,(H,26,27)(H,28,29)/b12-8+. The number of nitrogens with zero attached hydrogens (tertiary/aromatic N) is 2. The number of benzene rings is 2. The fourth-order valence-electron chi connectivity index (χ4n) is 2.92. The highest BCUT2D eigenvalue weighted by molar-refractivity contribution is 6.05. The minimum atomic E-state index is -0.148. The van der Waals surface area contributed by atoms with Crippen LogP contribution in [0.4, 0.5) is 5.69 Å². The van der Waals surface area contributed by atoms with Gasteiger partial charge in [-0.15, -0.1) is 0 Å². The van der Waals surface area contributed by atoms with E-state index in [1.165, 1.54) is 0 Å². The van der Waals surface area contributed by atoms with Crippen molar-refractivity contribution in [3.05, 3.63) is 102 Å². The summed E-state index contributed by atoms with van der Waals surface area (Å²) in [6, 6.07) is 19.1. The molecule has 4 rings (SSSR count). The highest BCUT2D eigenvalue weighted by Crippen LogP contribution is 2.23. The van der Waals surface area contributed by atoms with Gasteiger partial charge in [-0.3, -0.25) is 9.78 Å². The number of amides is 1. The van der Waals surface area contributed by atoms with Gasteiger partial charge in [0.2, 0.25) is 0 Å². The number of carbonyl (C=O) groups excluding carboxylic acids is 1. The van der Waals surface area contributed by atoms with Gasteiger partial charge in [0.1, 0.15) is 5.82 Å². The van der Waals surface area contributed by atoms with Crippen molar-refractivity contribution in [1.29, 1.82) is 0 Å². The van der Waals surface area contributed by atoms with E-state index >= 15 is 0 Å². The number of carbonyl (C=O) groups is 1. The Morgan fingerprint density at radius 2 is 1.83 bits per heavy atom. The maximum Gasteiger partial charge on any atom is 0.255 e. The van der Waals surface area contributed by atoms with E-state index in [2.05, 4.69) is 20.3 Å². The van der Waals surface area contributed by atoms with E-state index in [4.69, 9.17) is 0 Å². The molecule has 29 heavy (non-hydrogen) atoms. The van der Waals surface area contributed by atoms with Crippen molar-refractivity contribution in [2.45, 2.75) is 6.92 Å². The Bertz CT molecular complexity index is 1130. The van der Waals surface area contributed by atoms with Crippen molar-refractivity contribution in [3.8, 4) is 11.4 Å². The van der Waals surface area contributed by atoms with E-state index in [1.54, 1.807) is 18.6 Å². The number of imidazole rings is 1. The summed E-state index contributed by atoms with van der Waals surface area (Å²) in [7, 11) is 0. The quantitative estimate of drug-likeness (QED) is 0.500. The third kappa shape index (κ3) is 4.47. The first-order valence-electron chi connectivity index (χ1n) is 9.30. The number of aromatic amines is 1. The molecule has 4 aromatic rings. The molecule has 2 N–H and O–H groups in total. The molecular weight excluding hydrogens is 360 g/mol. The molecule has 0 saturated heterocycles. The second kappa shape index (κ2) is 8.35. The Balaban J connectivity index is 1.48. The van der Waals surface area contributed by atoms with E-state index < -0.39 is 0 Å². The molecule has 2 heterocycles. The predicted molar refractivity (Wildman–Crippen MR) is 116 cm³/mol. The van der Waals surface area contributed by atoms with E-state index in [0.29, 0.717) is 5.56 Å². The first-order valence-corrected chi connectivity index (χ1v) is 9.30. The summed E-state index contributed by atoms with van der Waals surface area (Å²) in [5, 5.41) is 3.00. The maximum atomic E-state index is 12.7. The van der Waals surface area contributed by atoms with Crippen LogP contribution in [0, 0.1) is 6.92 Å². The second-order valence-electron chi connectivity index (χ2n) is 6.63. The molecule has 0 unspecified atom stereocenters. The summed E-state index contributed by atoms with van der Waals surface area (Å²) in [6.45, 7) is 1.97. The zero-order chi connectivity index (χ0) is 20.1. The van der Waals surface area contributed by atoms with Crippen LogP contribution in [0.3, 0.4) is 0 Å². The number of H-pyrrole nitrogens is 1. The van der Waals surface area contributed by atoms with Crippen molar-refractivity contribution >= 4 is 23.7 Å². The van der Waals surface area contributed by atoms with Gasteiger partial charge in [-0.05, 0) is 54.5 Å². The predicted octanol–water partition coefficient (Wildman–Crippen LogP) is 5.20. The molecule has 0 aliphatic heterocycles. The molecule has 0 aliphatic rings. The molecule has 0 aliphatic carbocycles. The Morgan fingerprint density at radius 3 is 2.55 bits per heavy atom. The number of rotatable bonds is 5. The number of nitrogens with one attached hydrogen (secondary N) is 2. The van der Waals surface area contributed by atoms with Gasteiger partial charge < -0.3 is 10.3 Å². The number of pyridine rings is 1.